The first-order valence-corrected chi connectivity index (χ1v) is 6.74. The molecule has 0 bridgehead atoms. The Labute approximate surface area is 122 Å². The second-order valence-corrected chi connectivity index (χ2v) is 4.97. The highest BCUT2D eigenvalue weighted by molar-refractivity contribution is 5.78. The van der Waals surface area contributed by atoms with Gasteiger partial charge in [-0.15, -0.1) is 0 Å². The molecule has 0 radical (unpaired) electrons. The van der Waals surface area contributed by atoms with Crippen molar-refractivity contribution in [2.75, 3.05) is 7.11 Å². The van der Waals surface area contributed by atoms with Crippen molar-refractivity contribution in [1.29, 1.82) is 0 Å². The lowest BCUT2D eigenvalue weighted by molar-refractivity contribution is 0.414. The monoisotopic (exact) mass is 285 g/mol. The van der Waals surface area contributed by atoms with Crippen LogP contribution in [0, 0.1) is 5.82 Å². The molecule has 3 aromatic rings. The van der Waals surface area contributed by atoms with Crippen LogP contribution in [-0.2, 0) is 6.42 Å². The van der Waals surface area contributed by atoms with Gasteiger partial charge in [0.05, 0.1) is 13.2 Å². The van der Waals surface area contributed by atoms with Crippen molar-refractivity contribution < 1.29 is 13.5 Å². The van der Waals surface area contributed by atoms with Crippen molar-refractivity contribution in [1.82, 2.24) is 0 Å². The Kier molecular flexibility index (Phi) is 3.62. The van der Waals surface area contributed by atoms with Crippen molar-refractivity contribution in [3.8, 4) is 5.75 Å². The molecule has 0 amide bonds. The van der Waals surface area contributed by atoms with Gasteiger partial charge in [-0.1, -0.05) is 24.3 Å². The van der Waals surface area contributed by atoms with Crippen LogP contribution >= 0.6 is 0 Å². The predicted molar refractivity (Wildman–Crippen MR) is 79.8 cm³/mol. The fraction of sp³-hybridized carbons (Fsp3) is 0.176. The van der Waals surface area contributed by atoms with E-state index in [1.807, 2.05) is 30.3 Å². The van der Waals surface area contributed by atoms with Crippen LogP contribution in [0.2, 0.25) is 0 Å². The maximum absolute atomic E-state index is 13.6. The number of hydrogen-bond donors (Lipinski definition) is 1. The van der Waals surface area contributed by atoms with Gasteiger partial charge in [0.1, 0.15) is 11.5 Å². The van der Waals surface area contributed by atoms with E-state index in [9.17, 15) is 4.39 Å². The number of ether oxygens (including phenoxy) is 1. The molecule has 1 aromatic heterocycles. The molecule has 0 spiro atoms. The Hall–Kier alpha value is -2.33. The summed E-state index contributed by atoms with van der Waals surface area (Å²) >= 11 is 0. The highest BCUT2D eigenvalue weighted by Crippen LogP contribution is 2.27. The number of fused-ring (bicyclic) bond motifs is 1. The maximum Gasteiger partial charge on any atom is 0.169 e. The van der Waals surface area contributed by atoms with Gasteiger partial charge in [-0.25, -0.2) is 4.39 Å². The van der Waals surface area contributed by atoms with Crippen LogP contribution in [0.15, 0.2) is 52.9 Å². The van der Waals surface area contributed by atoms with E-state index in [4.69, 9.17) is 14.9 Å². The molecule has 1 unspecified atom stereocenters. The summed E-state index contributed by atoms with van der Waals surface area (Å²) in [5.74, 6) is 1.03. The first-order chi connectivity index (χ1) is 10.2. The second kappa shape index (κ2) is 5.58. The minimum Gasteiger partial charge on any atom is -0.497 e. The summed E-state index contributed by atoms with van der Waals surface area (Å²) in [6.45, 7) is 0. The van der Waals surface area contributed by atoms with Crippen molar-refractivity contribution >= 4 is 11.0 Å². The maximum atomic E-state index is 13.6. The minimum absolute atomic E-state index is 0.262. The van der Waals surface area contributed by atoms with E-state index >= 15 is 0 Å². The predicted octanol–water partition coefficient (Wildman–Crippen LogP) is 3.82. The second-order valence-electron chi connectivity index (χ2n) is 4.97. The number of methoxy groups -OCH3 is 1. The van der Waals surface area contributed by atoms with Crippen molar-refractivity contribution in [3.05, 3.63) is 65.7 Å². The smallest absolute Gasteiger partial charge is 0.169 e. The molecule has 1 heterocycles. The summed E-state index contributed by atoms with van der Waals surface area (Å²) in [5, 5.41) is 0.732. The Bertz CT molecular complexity index is 749. The number of para-hydroxylation sites is 1. The van der Waals surface area contributed by atoms with E-state index in [1.54, 1.807) is 19.2 Å². The number of benzene rings is 2. The van der Waals surface area contributed by atoms with Gasteiger partial charge in [0.25, 0.3) is 0 Å². The first-order valence-electron chi connectivity index (χ1n) is 6.74. The lowest BCUT2D eigenvalue weighted by Gasteiger charge is -2.09. The molecule has 0 aliphatic carbocycles. The first kappa shape index (κ1) is 13.6. The summed E-state index contributed by atoms with van der Waals surface area (Å²) in [6.07, 6.45) is 0.617. The lowest BCUT2D eigenvalue weighted by atomic mass is 10.0. The number of furan rings is 1. The lowest BCUT2D eigenvalue weighted by Crippen LogP contribution is -2.12. The third-order valence-corrected chi connectivity index (χ3v) is 3.50. The average molecular weight is 285 g/mol. The Balaban J connectivity index is 1.82. The fourth-order valence-corrected chi connectivity index (χ4v) is 2.35. The minimum atomic E-state index is -0.365. The van der Waals surface area contributed by atoms with Gasteiger partial charge in [-0.3, -0.25) is 0 Å². The molecule has 1 atom stereocenters. The molecular weight excluding hydrogens is 269 g/mol. The molecule has 21 heavy (non-hydrogen) atoms. The normalized spacial score (nSPS) is 12.5. The van der Waals surface area contributed by atoms with E-state index in [-0.39, 0.29) is 17.4 Å². The number of rotatable bonds is 4. The topological polar surface area (TPSA) is 48.4 Å². The number of nitrogens with two attached hydrogens (primary N) is 1. The van der Waals surface area contributed by atoms with Gasteiger partial charge in [0.15, 0.2) is 11.4 Å². The summed E-state index contributed by atoms with van der Waals surface area (Å²) < 4.78 is 24.3. The Morgan fingerprint density at radius 1 is 1.19 bits per heavy atom. The molecule has 2 N–H and O–H groups in total. The van der Waals surface area contributed by atoms with Crippen LogP contribution in [0.5, 0.6) is 5.75 Å². The van der Waals surface area contributed by atoms with Gasteiger partial charge in [-0.2, -0.15) is 0 Å². The molecule has 2 aromatic carbocycles. The SMILES string of the molecule is COc1ccc(CC(N)c2cc3cccc(F)c3o2)cc1. The van der Waals surface area contributed by atoms with E-state index in [2.05, 4.69) is 0 Å². The van der Waals surface area contributed by atoms with Gasteiger partial charge in [0, 0.05) is 5.39 Å². The molecule has 3 rings (SSSR count). The Morgan fingerprint density at radius 3 is 2.62 bits per heavy atom. The van der Waals surface area contributed by atoms with Gasteiger partial charge >= 0.3 is 0 Å². The number of hydrogen-bond acceptors (Lipinski definition) is 3. The summed E-state index contributed by atoms with van der Waals surface area (Å²) in [5.41, 5.74) is 7.50. The van der Waals surface area contributed by atoms with Gasteiger partial charge in [-0.05, 0) is 36.2 Å². The molecule has 0 aliphatic rings. The average Bonchev–Trinajstić information content (AvgIpc) is 2.94. The van der Waals surface area contributed by atoms with Gasteiger partial charge in [0.2, 0.25) is 0 Å². The molecular formula is C17H16FNO2. The zero-order chi connectivity index (χ0) is 14.8. The molecule has 3 nitrogen and oxygen atoms in total. The zero-order valence-electron chi connectivity index (χ0n) is 11.7. The van der Waals surface area contributed by atoms with Crippen molar-refractivity contribution in [2.24, 2.45) is 5.73 Å². The molecule has 108 valence electrons. The van der Waals surface area contributed by atoms with Crippen LogP contribution in [0.4, 0.5) is 4.39 Å². The Morgan fingerprint density at radius 2 is 1.95 bits per heavy atom. The van der Waals surface area contributed by atoms with Crippen LogP contribution in [0.3, 0.4) is 0 Å². The molecule has 0 aliphatic heterocycles. The van der Waals surface area contributed by atoms with Crippen LogP contribution in [-0.4, -0.2) is 7.11 Å². The van der Waals surface area contributed by atoms with Gasteiger partial charge < -0.3 is 14.9 Å². The molecule has 4 heteroatoms. The molecule has 0 saturated heterocycles. The summed E-state index contributed by atoms with van der Waals surface area (Å²) in [6, 6.07) is 14.0. The van der Waals surface area contributed by atoms with Crippen LogP contribution in [0.1, 0.15) is 17.4 Å². The van der Waals surface area contributed by atoms with Crippen molar-refractivity contribution in [2.45, 2.75) is 12.5 Å². The zero-order valence-corrected chi connectivity index (χ0v) is 11.7. The largest absolute Gasteiger partial charge is 0.497 e. The molecule has 0 fully saturated rings. The standard InChI is InChI=1S/C17H16FNO2/c1-20-13-7-5-11(6-8-13)9-15(19)16-10-12-3-2-4-14(18)17(12)21-16/h2-8,10,15H,9,19H2,1H3. The van der Waals surface area contributed by atoms with E-state index in [0.29, 0.717) is 12.2 Å². The summed E-state index contributed by atoms with van der Waals surface area (Å²) in [7, 11) is 1.63. The molecule has 0 saturated carbocycles. The van der Waals surface area contributed by atoms with E-state index < -0.39 is 0 Å². The third kappa shape index (κ3) is 2.76. The number of halogens is 1. The highest BCUT2D eigenvalue weighted by Gasteiger charge is 2.14. The fourth-order valence-electron chi connectivity index (χ4n) is 2.35. The highest BCUT2D eigenvalue weighted by atomic mass is 19.1. The van der Waals surface area contributed by atoms with Crippen LogP contribution in [0.25, 0.3) is 11.0 Å². The quantitative estimate of drug-likeness (QED) is 0.792. The van der Waals surface area contributed by atoms with E-state index in [1.165, 1.54) is 6.07 Å². The summed E-state index contributed by atoms with van der Waals surface area (Å²) in [4.78, 5) is 0. The van der Waals surface area contributed by atoms with Crippen LogP contribution < -0.4 is 10.5 Å². The van der Waals surface area contributed by atoms with E-state index in [0.717, 1.165) is 16.7 Å². The van der Waals surface area contributed by atoms with Crippen molar-refractivity contribution in [3.63, 3.8) is 0 Å². The third-order valence-electron chi connectivity index (χ3n) is 3.50.